The van der Waals surface area contributed by atoms with E-state index in [1.54, 1.807) is 0 Å². The van der Waals surface area contributed by atoms with Crippen molar-refractivity contribution in [3.63, 3.8) is 0 Å². The first-order valence-electron chi connectivity index (χ1n) is 5.44. The second kappa shape index (κ2) is 5.01. The lowest BCUT2D eigenvalue weighted by Crippen LogP contribution is -2.20. The quantitative estimate of drug-likeness (QED) is 0.621. The molecule has 0 spiro atoms. The van der Waals surface area contributed by atoms with Crippen molar-refractivity contribution in [2.24, 2.45) is 0 Å². The van der Waals surface area contributed by atoms with Gasteiger partial charge in [0.25, 0.3) is 0 Å². The highest BCUT2D eigenvalue weighted by molar-refractivity contribution is 5.95. The van der Waals surface area contributed by atoms with E-state index in [1.807, 2.05) is 0 Å². The Kier molecular flexibility index (Phi) is 3.42. The smallest absolute Gasteiger partial charge is 0.342 e. The van der Waals surface area contributed by atoms with Gasteiger partial charge in [-0.25, -0.2) is 4.79 Å². The molecule has 0 aromatic heterocycles. The SMILES string of the molecule is O=C(O)c1cccc(NC2CCOC2)c1[N+](=O)[O-]. The van der Waals surface area contributed by atoms with Crippen LogP contribution in [0.2, 0.25) is 0 Å². The minimum atomic E-state index is -1.31. The van der Waals surface area contributed by atoms with Gasteiger partial charge in [0.05, 0.1) is 17.6 Å². The van der Waals surface area contributed by atoms with Gasteiger partial charge in [-0.3, -0.25) is 10.1 Å². The maximum absolute atomic E-state index is 11.0. The van der Waals surface area contributed by atoms with Crippen LogP contribution in [0.1, 0.15) is 16.8 Å². The molecule has 0 radical (unpaired) electrons. The standard InChI is InChI=1S/C11H12N2O5/c14-11(15)8-2-1-3-9(10(8)13(16)17)12-7-4-5-18-6-7/h1-3,7,12H,4-6H2,(H,14,15). The second-order valence-corrected chi connectivity index (χ2v) is 3.97. The minimum Gasteiger partial charge on any atom is -0.477 e. The molecule has 1 aliphatic rings. The van der Waals surface area contributed by atoms with E-state index in [2.05, 4.69) is 5.32 Å². The predicted molar refractivity (Wildman–Crippen MR) is 62.9 cm³/mol. The summed E-state index contributed by atoms with van der Waals surface area (Å²) >= 11 is 0. The molecule has 7 heteroatoms. The number of benzene rings is 1. The van der Waals surface area contributed by atoms with Crippen LogP contribution in [0.15, 0.2) is 18.2 Å². The lowest BCUT2D eigenvalue weighted by atomic mass is 10.1. The Labute approximate surface area is 103 Å². The summed E-state index contributed by atoms with van der Waals surface area (Å²) in [6, 6.07) is 4.18. The molecule has 0 amide bonds. The third-order valence-corrected chi connectivity index (χ3v) is 2.74. The monoisotopic (exact) mass is 252 g/mol. The maximum Gasteiger partial charge on any atom is 0.342 e. The third kappa shape index (κ3) is 2.40. The number of hydrogen-bond acceptors (Lipinski definition) is 5. The number of aromatic carboxylic acids is 1. The van der Waals surface area contributed by atoms with Crippen molar-refractivity contribution in [3.8, 4) is 0 Å². The molecule has 1 fully saturated rings. The highest BCUT2D eigenvalue weighted by Gasteiger charge is 2.26. The largest absolute Gasteiger partial charge is 0.477 e. The highest BCUT2D eigenvalue weighted by atomic mass is 16.6. The molecule has 18 heavy (non-hydrogen) atoms. The van der Waals surface area contributed by atoms with Crippen molar-refractivity contribution in [1.82, 2.24) is 0 Å². The Morgan fingerprint density at radius 3 is 2.89 bits per heavy atom. The molecule has 7 nitrogen and oxygen atoms in total. The first kappa shape index (κ1) is 12.3. The molecule has 0 bridgehead atoms. The molecule has 1 aliphatic heterocycles. The van der Waals surface area contributed by atoms with E-state index in [-0.39, 0.29) is 17.3 Å². The average Bonchev–Trinajstić information content (AvgIpc) is 2.81. The number of ether oxygens (including phenoxy) is 1. The minimum absolute atomic E-state index is 0.0206. The van der Waals surface area contributed by atoms with Crippen LogP contribution in [0, 0.1) is 10.1 Å². The van der Waals surface area contributed by atoms with Crippen LogP contribution >= 0.6 is 0 Å². The summed E-state index contributed by atoms with van der Waals surface area (Å²) in [4.78, 5) is 21.3. The van der Waals surface area contributed by atoms with Crippen molar-refractivity contribution in [3.05, 3.63) is 33.9 Å². The van der Waals surface area contributed by atoms with Gasteiger partial charge < -0.3 is 15.2 Å². The predicted octanol–water partition coefficient (Wildman–Crippen LogP) is 1.49. The van der Waals surface area contributed by atoms with Crippen LogP contribution in [-0.2, 0) is 4.74 Å². The van der Waals surface area contributed by atoms with Gasteiger partial charge in [0, 0.05) is 6.61 Å². The summed E-state index contributed by atoms with van der Waals surface area (Å²) in [5, 5.41) is 22.9. The van der Waals surface area contributed by atoms with E-state index in [0.29, 0.717) is 13.2 Å². The Morgan fingerprint density at radius 2 is 2.33 bits per heavy atom. The molecule has 2 rings (SSSR count). The van der Waals surface area contributed by atoms with E-state index in [0.717, 1.165) is 6.42 Å². The van der Waals surface area contributed by atoms with Crippen LogP contribution in [0.5, 0.6) is 0 Å². The van der Waals surface area contributed by atoms with Gasteiger partial charge in [0.2, 0.25) is 0 Å². The van der Waals surface area contributed by atoms with E-state index in [1.165, 1.54) is 18.2 Å². The molecule has 1 unspecified atom stereocenters. The number of carbonyl (C=O) groups is 1. The highest BCUT2D eigenvalue weighted by Crippen LogP contribution is 2.30. The third-order valence-electron chi connectivity index (χ3n) is 2.74. The number of carboxylic acid groups (broad SMARTS) is 1. The number of carboxylic acids is 1. The zero-order valence-electron chi connectivity index (χ0n) is 9.46. The van der Waals surface area contributed by atoms with E-state index in [9.17, 15) is 14.9 Å². The summed E-state index contributed by atoms with van der Waals surface area (Å²) in [5.41, 5.74) is -0.504. The number of anilines is 1. The number of nitrogens with zero attached hydrogens (tertiary/aromatic N) is 1. The van der Waals surface area contributed by atoms with Crippen molar-refractivity contribution < 1.29 is 19.6 Å². The summed E-state index contributed by atoms with van der Waals surface area (Å²) in [6.07, 6.45) is 0.744. The summed E-state index contributed by atoms with van der Waals surface area (Å²) in [5.74, 6) is -1.31. The molecule has 96 valence electrons. The van der Waals surface area contributed by atoms with Gasteiger partial charge in [-0.05, 0) is 18.6 Å². The van der Waals surface area contributed by atoms with E-state index >= 15 is 0 Å². The number of nitrogens with one attached hydrogen (secondary N) is 1. The number of hydrogen-bond donors (Lipinski definition) is 2. The molecule has 1 heterocycles. The molecule has 1 saturated heterocycles. The van der Waals surface area contributed by atoms with Crippen molar-refractivity contribution >= 4 is 17.3 Å². The van der Waals surface area contributed by atoms with Gasteiger partial charge in [-0.1, -0.05) is 6.07 Å². The first-order valence-corrected chi connectivity index (χ1v) is 5.44. The Balaban J connectivity index is 2.36. The number of nitro benzene ring substituents is 1. The second-order valence-electron chi connectivity index (χ2n) is 3.97. The zero-order chi connectivity index (χ0) is 13.1. The Morgan fingerprint density at radius 1 is 1.56 bits per heavy atom. The average molecular weight is 252 g/mol. The van der Waals surface area contributed by atoms with Crippen LogP contribution in [0.25, 0.3) is 0 Å². The Hall–Kier alpha value is -2.15. The molecule has 1 atom stereocenters. The summed E-state index contributed by atoms with van der Waals surface area (Å²) in [7, 11) is 0. The Bertz CT molecular complexity index is 482. The van der Waals surface area contributed by atoms with E-state index in [4.69, 9.17) is 9.84 Å². The van der Waals surface area contributed by atoms with Crippen molar-refractivity contribution in [2.45, 2.75) is 12.5 Å². The molecule has 0 saturated carbocycles. The van der Waals surface area contributed by atoms with Gasteiger partial charge >= 0.3 is 11.7 Å². The summed E-state index contributed by atoms with van der Waals surface area (Å²) in [6.45, 7) is 1.07. The fourth-order valence-electron chi connectivity index (χ4n) is 1.90. The normalized spacial score (nSPS) is 18.6. The summed E-state index contributed by atoms with van der Waals surface area (Å²) < 4.78 is 5.16. The van der Waals surface area contributed by atoms with Crippen LogP contribution in [-0.4, -0.2) is 35.3 Å². The number of para-hydroxylation sites is 1. The van der Waals surface area contributed by atoms with Crippen LogP contribution in [0.3, 0.4) is 0 Å². The fraction of sp³-hybridized carbons (Fsp3) is 0.364. The maximum atomic E-state index is 11.0. The van der Waals surface area contributed by atoms with Gasteiger partial charge in [0.15, 0.2) is 0 Å². The molecular weight excluding hydrogens is 240 g/mol. The molecular formula is C11H12N2O5. The van der Waals surface area contributed by atoms with Crippen LogP contribution in [0.4, 0.5) is 11.4 Å². The van der Waals surface area contributed by atoms with E-state index < -0.39 is 16.6 Å². The molecule has 1 aromatic carbocycles. The van der Waals surface area contributed by atoms with Crippen molar-refractivity contribution in [2.75, 3.05) is 18.5 Å². The molecule has 1 aromatic rings. The van der Waals surface area contributed by atoms with Gasteiger partial charge in [-0.2, -0.15) is 0 Å². The number of rotatable bonds is 4. The molecule has 2 N–H and O–H groups in total. The topological polar surface area (TPSA) is 102 Å². The lowest BCUT2D eigenvalue weighted by molar-refractivity contribution is -0.384. The molecule has 0 aliphatic carbocycles. The zero-order valence-corrected chi connectivity index (χ0v) is 9.46. The van der Waals surface area contributed by atoms with Crippen LogP contribution < -0.4 is 5.32 Å². The first-order chi connectivity index (χ1) is 8.59. The van der Waals surface area contributed by atoms with Crippen molar-refractivity contribution in [1.29, 1.82) is 0 Å². The van der Waals surface area contributed by atoms with Gasteiger partial charge in [-0.15, -0.1) is 0 Å². The fourth-order valence-corrected chi connectivity index (χ4v) is 1.90. The number of nitro groups is 1. The van der Waals surface area contributed by atoms with Gasteiger partial charge in [0.1, 0.15) is 11.3 Å². The lowest BCUT2D eigenvalue weighted by Gasteiger charge is -2.13.